The lowest BCUT2D eigenvalue weighted by atomic mass is 9.69. The Morgan fingerprint density at radius 3 is 2.68 bits per heavy atom. The zero-order valence-electron chi connectivity index (χ0n) is 11.9. The molecule has 1 aromatic carbocycles. The molecule has 2 aromatic rings. The molecule has 0 spiro atoms. The molecule has 3 nitrogen and oxygen atoms in total. The standard InChI is InChI=1S/C16H23N3/c1-12-18-14-8-6-7-13(15(14)19(12)2)16(11-17)9-4-3-5-10-16/h6-8H,3-5,9-11,17H2,1-2H3. The van der Waals surface area contributed by atoms with E-state index in [1.165, 1.54) is 43.2 Å². The quantitative estimate of drug-likeness (QED) is 0.898. The molecular formula is C16H23N3. The number of hydrogen-bond donors (Lipinski definition) is 1. The average molecular weight is 257 g/mol. The number of aryl methyl sites for hydroxylation is 2. The van der Waals surface area contributed by atoms with E-state index in [4.69, 9.17) is 5.73 Å². The maximum atomic E-state index is 6.19. The van der Waals surface area contributed by atoms with Gasteiger partial charge >= 0.3 is 0 Å². The minimum atomic E-state index is 0.165. The number of fused-ring (bicyclic) bond motifs is 1. The van der Waals surface area contributed by atoms with E-state index in [9.17, 15) is 0 Å². The van der Waals surface area contributed by atoms with Crippen LogP contribution in [0.15, 0.2) is 18.2 Å². The molecule has 1 saturated carbocycles. The molecule has 0 unspecified atom stereocenters. The Kier molecular flexibility index (Phi) is 3.09. The van der Waals surface area contributed by atoms with E-state index in [0.717, 1.165) is 17.9 Å². The van der Waals surface area contributed by atoms with Crippen molar-refractivity contribution in [2.24, 2.45) is 12.8 Å². The second kappa shape index (κ2) is 4.64. The Bertz CT molecular complexity index is 591. The van der Waals surface area contributed by atoms with E-state index in [0.29, 0.717) is 0 Å². The molecule has 0 radical (unpaired) electrons. The van der Waals surface area contributed by atoms with Gasteiger partial charge in [0.05, 0.1) is 11.0 Å². The molecule has 0 bridgehead atoms. The van der Waals surface area contributed by atoms with E-state index >= 15 is 0 Å². The fourth-order valence-corrected chi connectivity index (χ4v) is 3.63. The van der Waals surface area contributed by atoms with E-state index in [2.05, 4.69) is 41.7 Å². The summed E-state index contributed by atoms with van der Waals surface area (Å²) in [5, 5.41) is 0. The number of benzene rings is 1. The van der Waals surface area contributed by atoms with E-state index in [1.807, 2.05) is 0 Å². The highest BCUT2D eigenvalue weighted by Crippen LogP contribution is 2.41. The third-order valence-electron chi connectivity index (χ3n) is 4.89. The molecule has 1 heterocycles. The summed E-state index contributed by atoms with van der Waals surface area (Å²) in [6.07, 6.45) is 6.37. The number of aromatic nitrogens is 2. The van der Waals surface area contributed by atoms with Crippen LogP contribution in [0, 0.1) is 6.92 Å². The fraction of sp³-hybridized carbons (Fsp3) is 0.562. The van der Waals surface area contributed by atoms with Crippen LogP contribution in [0.1, 0.15) is 43.5 Å². The van der Waals surface area contributed by atoms with Crippen LogP contribution in [-0.4, -0.2) is 16.1 Å². The summed E-state index contributed by atoms with van der Waals surface area (Å²) in [7, 11) is 2.11. The molecule has 2 N–H and O–H groups in total. The monoisotopic (exact) mass is 257 g/mol. The van der Waals surface area contributed by atoms with Gasteiger partial charge in [-0.2, -0.15) is 0 Å². The van der Waals surface area contributed by atoms with Gasteiger partial charge in [0, 0.05) is 19.0 Å². The predicted molar refractivity (Wildman–Crippen MR) is 79.3 cm³/mol. The van der Waals surface area contributed by atoms with Gasteiger partial charge < -0.3 is 10.3 Å². The number of imidazole rings is 1. The summed E-state index contributed by atoms with van der Waals surface area (Å²) in [6.45, 7) is 2.82. The van der Waals surface area contributed by atoms with E-state index in [-0.39, 0.29) is 5.41 Å². The first-order valence-electron chi connectivity index (χ1n) is 7.30. The zero-order valence-corrected chi connectivity index (χ0v) is 11.9. The van der Waals surface area contributed by atoms with Gasteiger partial charge in [0.25, 0.3) is 0 Å². The first kappa shape index (κ1) is 12.7. The first-order valence-corrected chi connectivity index (χ1v) is 7.30. The highest BCUT2D eigenvalue weighted by atomic mass is 15.1. The minimum absolute atomic E-state index is 0.165. The van der Waals surface area contributed by atoms with Crippen LogP contribution in [0.5, 0.6) is 0 Å². The van der Waals surface area contributed by atoms with Crippen molar-refractivity contribution in [2.75, 3.05) is 6.54 Å². The van der Waals surface area contributed by atoms with Gasteiger partial charge in [-0.15, -0.1) is 0 Å². The van der Waals surface area contributed by atoms with Crippen molar-refractivity contribution in [3.8, 4) is 0 Å². The van der Waals surface area contributed by atoms with Gasteiger partial charge in [0.15, 0.2) is 0 Å². The van der Waals surface area contributed by atoms with Crippen LogP contribution >= 0.6 is 0 Å². The van der Waals surface area contributed by atoms with Crippen LogP contribution in [0.2, 0.25) is 0 Å². The van der Waals surface area contributed by atoms with Crippen molar-refractivity contribution in [1.82, 2.24) is 9.55 Å². The topological polar surface area (TPSA) is 43.8 Å². The summed E-state index contributed by atoms with van der Waals surface area (Å²) in [6, 6.07) is 6.51. The maximum absolute atomic E-state index is 6.19. The average Bonchev–Trinajstić information content (AvgIpc) is 2.75. The molecule has 3 rings (SSSR count). The fourth-order valence-electron chi connectivity index (χ4n) is 3.63. The molecule has 1 fully saturated rings. The molecule has 0 saturated heterocycles. The maximum Gasteiger partial charge on any atom is 0.106 e. The normalized spacial score (nSPS) is 18.9. The van der Waals surface area contributed by atoms with Gasteiger partial charge in [-0.25, -0.2) is 4.98 Å². The van der Waals surface area contributed by atoms with Crippen molar-refractivity contribution in [3.05, 3.63) is 29.6 Å². The lowest BCUT2D eigenvalue weighted by Crippen LogP contribution is -2.37. The molecule has 0 amide bonds. The molecule has 1 aliphatic carbocycles. The summed E-state index contributed by atoms with van der Waals surface area (Å²) in [5.41, 5.74) is 10.2. The van der Waals surface area contributed by atoms with Crippen molar-refractivity contribution in [3.63, 3.8) is 0 Å². The van der Waals surface area contributed by atoms with E-state index in [1.54, 1.807) is 0 Å². The Balaban J connectivity index is 2.23. The van der Waals surface area contributed by atoms with Gasteiger partial charge in [0.1, 0.15) is 5.82 Å². The molecule has 102 valence electrons. The first-order chi connectivity index (χ1) is 9.18. The molecule has 19 heavy (non-hydrogen) atoms. The molecule has 0 aliphatic heterocycles. The predicted octanol–water partition coefficient (Wildman–Crippen LogP) is 3.04. The number of rotatable bonds is 2. The zero-order chi connectivity index (χ0) is 13.5. The van der Waals surface area contributed by atoms with E-state index < -0.39 is 0 Å². The lowest BCUT2D eigenvalue weighted by molar-refractivity contribution is 0.302. The van der Waals surface area contributed by atoms with Crippen LogP contribution < -0.4 is 5.73 Å². The largest absolute Gasteiger partial charge is 0.331 e. The van der Waals surface area contributed by atoms with Crippen molar-refractivity contribution in [2.45, 2.75) is 44.4 Å². The summed E-state index contributed by atoms with van der Waals surface area (Å²) in [4.78, 5) is 4.66. The Labute approximate surface area is 114 Å². The Morgan fingerprint density at radius 1 is 1.26 bits per heavy atom. The number of hydrogen-bond acceptors (Lipinski definition) is 2. The lowest BCUT2D eigenvalue weighted by Gasteiger charge is -2.37. The van der Waals surface area contributed by atoms with Crippen LogP contribution in [0.25, 0.3) is 11.0 Å². The minimum Gasteiger partial charge on any atom is -0.331 e. The van der Waals surface area contributed by atoms with Crippen LogP contribution in [0.3, 0.4) is 0 Å². The second-order valence-electron chi connectivity index (χ2n) is 5.94. The third-order valence-corrected chi connectivity index (χ3v) is 4.89. The molecule has 1 aromatic heterocycles. The summed E-state index contributed by atoms with van der Waals surface area (Å²) >= 11 is 0. The van der Waals surface area contributed by atoms with Gasteiger partial charge in [0.2, 0.25) is 0 Å². The Hall–Kier alpha value is -1.35. The summed E-state index contributed by atoms with van der Waals surface area (Å²) in [5.74, 6) is 1.07. The second-order valence-corrected chi connectivity index (χ2v) is 5.94. The van der Waals surface area contributed by atoms with Gasteiger partial charge in [-0.3, -0.25) is 0 Å². The Morgan fingerprint density at radius 2 is 2.00 bits per heavy atom. The molecule has 0 atom stereocenters. The number of nitrogens with zero attached hydrogens (tertiary/aromatic N) is 2. The highest BCUT2D eigenvalue weighted by Gasteiger charge is 2.34. The number of nitrogens with two attached hydrogens (primary N) is 1. The van der Waals surface area contributed by atoms with Crippen molar-refractivity contribution < 1.29 is 0 Å². The van der Waals surface area contributed by atoms with Gasteiger partial charge in [-0.05, 0) is 31.4 Å². The third kappa shape index (κ3) is 1.88. The SMILES string of the molecule is Cc1nc2cccc(C3(CN)CCCCC3)c2n1C. The smallest absolute Gasteiger partial charge is 0.106 e. The molecular weight excluding hydrogens is 234 g/mol. The molecule has 3 heteroatoms. The molecule has 1 aliphatic rings. The number of para-hydroxylation sites is 1. The van der Waals surface area contributed by atoms with Crippen molar-refractivity contribution >= 4 is 11.0 Å². The summed E-state index contributed by atoms with van der Waals surface area (Å²) < 4.78 is 2.22. The van der Waals surface area contributed by atoms with Gasteiger partial charge in [-0.1, -0.05) is 31.4 Å². The van der Waals surface area contributed by atoms with Crippen LogP contribution in [0.4, 0.5) is 0 Å². The van der Waals surface area contributed by atoms with Crippen LogP contribution in [-0.2, 0) is 12.5 Å². The highest BCUT2D eigenvalue weighted by molar-refractivity contribution is 5.81. The van der Waals surface area contributed by atoms with Crippen molar-refractivity contribution in [1.29, 1.82) is 0 Å².